The van der Waals surface area contributed by atoms with Gasteiger partial charge in [-0.25, -0.2) is 15.0 Å². The summed E-state index contributed by atoms with van der Waals surface area (Å²) in [5.41, 5.74) is 2.14. The molecular weight excluding hydrogens is 334 g/mol. The molecule has 2 aromatic rings. The van der Waals surface area contributed by atoms with Crippen LogP contribution in [-0.2, 0) is 17.9 Å². The largest absolute Gasteiger partial charge is 0.335 e. The van der Waals surface area contributed by atoms with Crippen molar-refractivity contribution < 1.29 is 4.79 Å². The van der Waals surface area contributed by atoms with Crippen molar-refractivity contribution in [1.82, 2.24) is 24.8 Å². The van der Waals surface area contributed by atoms with E-state index in [2.05, 4.69) is 25.2 Å². The molecular formula is C18H25N5OS. The number of nitrogens with zero attached hydrogens (tertiary/aromatic N) is 5. The molecule has 1 aliphatic heterocycles. The molecule has 0 saturated carbocycles. The van der Waals surface area contributed by atoms with Gasteiger partial charge >= 0.3 is 0 Å². The van der Waals surface area contributed by atoms with Crippen molar-refractivity contribution in [2.75, 3.05) is 13.1 Å². The average molecular weight is 359 g/mol. The number of carbonyl (C=O) groups excluding carboxylic acids is 1. The minimum absolute atomic E-state index is 0.123. The molecule has 134 valence electrons. The van der Waals surface area contributed by atoms with Crippen LogP contribution >= 0.6 is 11.3 Å². The SMILES string of the molecule is CC(=O)N(Cc1cncnc1)[C@@H]1CCCN(Cc2csc(C)n2)CC1. The zero-order valence-corrected chi connectivity index (χ0v) is 15.7. The van der Waals surface area contributed by atoms with E-state index in [0.29, 0.717) is 6.54 Å². The second-order valence-electron chi connectivity index (χ2n) is 6.61. The van der Waals surface area contributed by atoms with Crippen molar-refractivity contribution in [3.63, 3.8) is 0 Å². The number of likely N-dealkylation sites (tertiary alicyclic amines) is 1. The molecule has 0 spiro atoms. The van der Waals surface area contributed by atoms with E-state index < -0.39 is 0 Å². The van der Waals surface area contributed by atoms with E-state index in [9.17, 15) is 4.79 Å². The van der Waals surface area contributed by atoms with Gasteiger partial charge in [0.05, 0.1) is 10.7 Å². The van der Waals surface area contributed by atoms with Crippen molar-refractivity contribution in [2.24, 2.45) is 0 Å². The topological polar surface area (TPSA) is 62.2 Å². The molecule has 0 aromatic carbocycles. The molecule has 3 heterocycles. The molecule has 25 heavy (non-hydrogen) atoms. The van der Waals surface area contributed by atoms with E-state index in [-0.39, 0.29) is 11.9 Å². The Bertz CT molecular complexity index is 690. The van der Waals surface area contributed by atoms with Gasteiger partial charge < -0.3 is 4.90 Å². The summed E-state index contributed by atoms with van der Waals surface area (Å²) in [7, 11) is 0. The van der Waals surface area contributed by atoms with Crippen LogP contribution in [0.2, 0.25) is 0 Å². The maximum atomic E-state index is 12.2. The lowest BCUT2D eigenvalue weighted by atomic mass is 10.1. The normalized spacial score (nSPS) is 18.7. The number of aryl methyl sites for hydroxylation is 1. The predicted molar refractivity (Wildman–Crippen MR) is 98.0 cm³/mol. The maximum absolute atomic E-state index is 12.2. The quantitative estimate of drug-likeness (QED) is 0.821. The fourth-order valence-corrected chi connectivity index (χ4v) is 4.03. The van der Waals surface area contributed by atoms with Crippen LogP contribution in [0.4, 0.5) is 0 Å². The number of carbonyl (C=O) groups is 1. The molecule has 1 saturated heterocycles. The fourth-order valence-electron chi connectivity index (χ4n) is 3.42. The van der Waals surface area contributed by atoms with Crippen molar-refractivity contribution in [2.45, 2.75) is 52.2 Å². The lowest BCUT2D eigenvalue weighted by Gasteiger charge is -2.30. The van der Waals surface area contributed by atoms with Crippen molar-refractivity contribution in [1.29, 1.82) is 0 Å². The molecule has 0 bridgehead atoms. The van der Waals surface area contributed by atoms with E-state index in [1.54, 1.807) is 30.7 Å². The van der Waals surface area contributed by atoms with Gasteiger partial charge in [-0.3, -0.25) is 9.69 Å². The first-order valence-corrected chi connectivity index (χ1v) is 9.64. The molecule has 1 aliphatic rings. The molecule has 0 N–H and O–H groups in total. The van der Waals surface area contributed by atoms with Crippen LogP contribution in [0.15, 0.2) is 24.1 Å². The highest BCUT2D eigenvalue weighted by Crippen LogP contribution is 2.21. The number of rotatable bonds is 5. The Morgan fingerprint density at radius 3 is 2.80 bits per heavy atom. The first-order chi connectivity index (χ1) is 12.1. The summed E-state index contributed by atoms with van der Waals surface area (Å²) in [4.78, 5) is 29.3. The Labute approximate surface area is 152 Å². The van der Waals surface area contributed by atoms with Gasteiger partial charge in [0, 0.05) is 55.9 Å². The van der Waals surface area contributed by atoms with Crippen LogP contribution in [0.3, 0.4) is 0 Å². The summed E-state index contributed by atoms with van der Waals surface area (Å²) in [5, 5.41) is 3.27. The lowest BCUT2D eigenvalue weighted by Crippen LogP contribution is -2.39. The van der Waals surface area contributed by atoms with Crippen molar-refractivity contribution >= 4 is 17.2 Å². The molecule has 1 atom stereocenters. The van der Waals surface area contributed by atoms with Crippen LogP contribution in [0, 0.1) is 6.92 Å². The van der Waals surface area contributed by atoms with Crippen molar-refractivity contribution in [3.8, 4) is 0 Å². The first-order valence-electron chi connectivity index (χ1n) is 8.76. The standard InChI is InChI=1S/C18H25N5OS/c1-14-21-17(12-25-14)11-22-6-3-4-18(5-7-22)23(15(2)24)10-16-8-19-13-20-9-16/h8-9,12-13,18H,3-7,10-11H2,1-2H3/t18-/m1/s1. The van der Waals surface area contributed by atoms with Gasteiger partial charge in [-0.2, -0.15) is 0 Å². The van der Waals surface area contributed by atoms with Gasteiger partial charge in [0.15, 0.2) is 0 Å². The summed E-state index contributed by atoms with van der Waals surface area (Å²) in [6, 6.07) is 0.278. The summed E-state index contributed by atoms with van der Waals surface area (Å²) in [5.74, 6) is 0.123. The number of hydrogen-bond donors (Lipinski definition) is 0. The third-order valence-corrected chi connectivity index (χ3v) is 5.48. The van der Waals surface area contributed by atoms with Gasteiger partial charge in [0.2, 0.25) is 5.91 Å². The number of amides is 1. The Morgan fingerprint density at radius 1 is 1.32 bits per heavy atom. The fraction of sp³-hybridized carbons (Fsp3) is 0.556. The van der Waals surface area contributed by atoms with E-state index >= 15 is 0 Å². The lowest BCUT2D eigenvalue weighted by molar-refractivity contribution is -0.132. The van der Waals surface area contributed by atoms with Crippen LogP contribution in [0.25, 0.3) is 0 Å². The highest BCUT2D eigenvalue weighted by Gasteiger charge is 2.25. The Balaban J connectivity index is 1.60. The van der Waals surface area contributed by atoms with E-state index in [1.165, 1.54) is 6.33 Å². The molecule has 1 fully saturated rings. The third kappa shape index (κ3) is 5.06. The number of thiazole rings is 1. The Kier molecular flexibility index (Phi) is 6.09. The molecule has 1 amide bonds. The zero-order valence-electron chi connectivity index (χ0n) is 14.9. The summed E-state index contributed by atoms with van der Waals surface area (Å²) >= 11 is 1.71. The number of hydrogen-bond acceptors (Lipinski definition) is 6. The van der Waals surface area contributed by atoms with Crippen LogP contribution in [-0.4, -0.2) is 49.8 Å². The van der Waals surface area contributed by atoms with Gasteiger partial charge in [-0.1, -0.05) is 0 Å². The van der Waals surface area contributed by atoms with Crippen LogP contribution in [0.5, 0.6) is 0 Å². The molecule has 2 aromatic heterocycles. The van der Waals surface area contributed by atoms with Gasteiger partial charge in [0.25, 0.3) is 0 Å². The third-order valence-electron chi connectivity index (χ3n) is 4.65. The van der Waals surface area contributed by atoms with E-state index in [1.807, 2.05) is 11.8 Å². The average Bonchev–Trinajstić information content (AvgIpc) is 2.87. The van der Waals surface area contributed by atoms with E-state index in [0.717, 1.165) is 55.2 Å². The minimum Gasteiger partial charge on any atom is -0.335 e. The van der Waals surface area contributed by atoms with Gasteiger partial charge in [0.1, 0.15) is 6.33 Å². The Hall–Kier alpha value is -1.86. The van der Waals surface area contributed by atoms with Gasteiger partial charge in [-0.15, -0.1) is 11.3 Å². The molecule has 0 aliphatic carbocycles. The Morgan fingerprint density at radius 2 is 2.12 bits per heavy atom. The second kappa shape index (κ2) is 8.49. The summed E-state index contributed by atoms with van der Waals surface area (Å²) in [6.45, 7) is 7.26. The summed E-state index contributed by atoms with van der Waals surface area (Å²) in [6.07, 6.45) is 8.23. The van der Waals surface area contributed by atoms with Crippen LogP contribution in [0.1, 0.15) is 42.5 Å². The van der Waals surface area contributed by atoms with E-state index in [4.69, 9.17) is 0 Å². The molecule has 7 heteroatoms. The monoisotopic (exact) mass is 359 g/mol. The minimum atomic E-state index is 0.123. The van der Waals surface area contributed by atoms with Gasteiger partial charge in [-0.05, 0) is 32.7 Å². The molecule has 6 nitrogen and oxygen atoms in total. The molecule has 0 unspecified atom stereocenters. The predicted octanol–water partition coefficient (Wildman–Crippen LogP) is 2.64. The van der Waals surface area contributed by atoms with Crippen LogP contribution < -0.4 is 0 Å². The summed E-state index contributed by atoms with van der Waals surface area (Å²) < 4.78 is 0. The smallest absolute Gasteiger partial charge is 0.219 e. The number of aromatic nitrogens is 3. The second-order valence-corrected chi connectivity index (χ2v) is 7.67. The highest BCUT2D eigenvalue weighted by atomic mass is 32.1. The first kappa shape index (κ1) is 17.9. The zero-order chi connectivity index (χ0) is 17.6. The van der Waals surface area contributed by atoms with Crippen molar-refractivity contribution in [3.05, 3.63) is 40.4 Å². The highest BCUT2D eigenvalue weighted by molar-refractivity contribution is 7.09. The molecule has 0 radical (unpaired) electrons. The maximum Gasteiger partial charge on any atom is 0.219 e. The molecule has 3 rings (SSSR count).